The Kier molecular flexibility index (Phi) is 3.11. The van der Waals surface area contributed by atoms with Crippen LogP contribution in [0.25, 0.3) is 27.9 Å². The van der Waals surface area contributed by atoms with Gasteiger partial charge in [0.15, 0.2) is 11.5 Å². The summed E-state index contributed by atoms with van der Waals surface area (Å²) < 4.78 is 31.2. The number of benzene rings is 2. The molecule has 5 nitrogen and oxygen atoms in total. The van der Waals surface area contributed by atoms with Crippen LogP contribution in [0, 0.1) is 0 Å². The molecule has 4 aromatic rings. The van der Waals surface area contributed by atoms with E-state index in [-0.39, 0.29) is 5.75 Å². The van der Waals surface area contributed by atoms with Gasteiger partial charge in [0.25, 0.3) is 0 Å². The van der Waals surface area contributed by atoms with Gasteiger partial charge in [-0.3, -0.25) is 0 Å². The van der Waals surface area contributed by atoms with Crippen molar-refractivity contribution in [3.63, 3.8) is 0 Å². The molecule has 0 unspecified atom stereocenters. The highest BCUT2D eigenvalue weighted by atomic mass is 19.3. The number of alkyl halides is 2. The van der Waals surface area contributed by atoms with E-state index in [1.54, 1.807) is 24.5 Å². The second-order valence-corrected chi connectivity index (χ2v) is 4.84. The highest BCUT2D eigenvalue weighted by molar-refractivity contribution is 5.91. The van der Waals surface area contributed by atoms with Crippen molar-refractivity contribution in [2.75, 3.05) is 0 Å². The van der Waals surface area contributed by atoms with Gasteiger partial charge in [0.05, 0.1) is 11.1 Å². The van der Waals surface area contributed by atoms with E-state index in [0.29, 0.717) is 17.0 Å². The first-order valence-corrected chi connectivity index (χ1v) is 6.87. The molecule has 0 bridgehead atoms. The van der Waals surface area contributed by atoms with Gasteiger partial charge in [0.2, 0.25) is 0 Å². The Morgan fingerprint density at radius 1 is 1.00 bits per heavy atom. The van der Waals surface area contributed by atoms with Crippen molar-refractivity contribution in [3.05, 3.63) is 54.9 Å². The minimum absolute atomic E-state index is 0.0377. The molecule has 0 spiro atoms. The first-order valence-electron chi connectivity index (χ1n) is 6.87. The van der Waals surface area contributed by atoms with Gasteiger partial charge in [-0.05, 0) is 24.3 Å². The van der Waals surface area contributed by atoms with E-state index in [9.17, 15) is 8.78 Å². The van der Waals surface area contributed by atoms with Crippen molar-refractivity contribution < 1.29 is 13.5 Å². The smallest absolute Gasteiger partial charge is 0.387 e. The van der Waals surface area contributed by atoms with E-state index < -0.39 is 6.61 Å². The first-order chi connectivity index (χ1) is 11.2. The molecule has 0 fully saturated rings. The third-order valence-electron chi connectivity index (χ3n) is 3.43. The standard InChI is InChI=1S/C16H10F2N4O/c17-16(18)23-13-8-4-2-6-11(13)14-20-15-10-5-1-3-7-12(10)19-9-22(15)21-14/h1-9,16H. The summed E-state index contributed by atoms with van der Waals surface area (Å²) >= 11 is 0. The molecule has 0 N–H and O–H groups in total. The summed E-state index contributed by atoms with van der Waals surface area (Å²) in [7, 11) is 0. The number of hydrogen-bond acceptors (Lipinski definition) is 4. The molecule has 0 radical (unpaired) electrons. The number of hydrogen-bond donors (Lipinski definition) is 0. The Bertz CT molecular complexity index is 1000. The molecule has 114 valence electrons. The molecular weight excluding hydrogens is 302 g/mol. The Labute approximate surface area is 129 Å². The van der Waals surface area contributed by atoms with Crippen LogP contribution in [-0.2, 0) is 0 Å². The Morgan fingerprint density at radius 3 is 2.65 bits per heavy atom. The SMILES string of the molecule is FC(F)Oc1ccccc1-c1nc2c3ccccc3ncn2n1. The van der Waals surface area contributed by atoms with Crippen molar-refractivity contribution in [1.29, 1.82) is 0 Å². The maximum atomic E-state index is 12.6. The van der Waals surface area contributed by atoms with Crippen molar-refractivity contribution in [2.24, 2.45) is 0 Å². The van der Waals surface area contributed by atoms with Crippen molar-refractivity contribution >= 4 is 16.6 Å². The summed E-state index contributed by atoms with van der Waals surface area (Å²) in [4.78, 5) is 8.76. The number of fused-ring (bicyclic) bond motifs is 3. The summed E-state index contributed by atoms with van der Waals surface area (Å²) in [5, 5.41) is 5.15. The van der Waals surface area contributed by atoms with E-state index >= 15 is 0 Å². The predicted molar refractivity (Wildman–Crippen MR) is 80.4 cm³/mol. The lowest BCUT2D eigenvalue weighted by atomic mass is 10.2. The van der Waals surface area contributed by atoms with Gasteiger partial charge in [-0.25, -0.2) is 14.5 Å². The van der Waals surface area contributed by atoms with Crippen LogP contribution in [0.4, 0.5) is 8.78 Å². The number of halogens is 2. The lowest BCUT2D eigenvalue weighted by Gasteiger charge is -2.07. The van der Waals surface area contributed by atoms with E-state index in [4.69, 9.17) is 0 Å². The van der Waals surface area contributed by atoms with Crippen molar-refractivity contribution in [1.82, 2.24) is 19.6 Å². The summed E-state index contributed by atoms with van der Waals surface area (Å²) in [6.07, 6.45) is 1.55. The molecule has 0 aliphatic carbocycles. The highest BCUT2D eigenvalue weighted by Crippen LogP contribution is 2.29. The minimum Gasteiger partial charge on any atom is -0.434 e. The van der Waals surface area contributed by atoms with Crippen LogP contribution in [-0.4, -0.2) is 26.2 Å². The Morgan fingerprint density at radius 2 is 1.78 bits per heavy atom. The summed E-state index contributed by atoms with van der Waals surface area (Å²) in [6, 6.07) is 14.0. The van der Waals surface area contributed by atoms with Crippen LogP contribution in [0.3, 0.4) is 0 Å². The van der Waals surface area contributed by atoms with Crippen LogP contribution in [0.15, 0.2) is 54.9 Å². The Hall–Kier alpha value is -3.09. The average molecular weight is 312 g/mol. The van der Waals surface area contributed by atoms with E-state index in [1.165, 1.54) is 10.6 Å². The first kappa shape index (κ1) is 13.6. The minimum atomic E-state index is -2.91. The number of ether oxygens (including phenoxy) is 1. The van der Waals surface area contributed by atoms with E-state index in [0.717, 1.165) is 10.9 Å². The maximum absolute atomic E-state index is 12.6. The molecular formula is C16H10F2N4O. The fraction of sp³-hybridized carbons (Fsp3) is 0.0625. The zero-order valence-electron chi connectivity index (χ0n) is 11.7. The van der Waals surface area contributed by atoms with Crippen molar-refractivity contribution in [3.8, 4) is 17.1 Å². The molecule has 0 saturated carbocycles. The number of rotatable bonds is 3. The second kappa shape index (κ2) is 5.28. The third kappa shape index (κ3) is 2.36. The predicted octanol–water partition coefficient (Wildman–Crippen LogP) is 3.55. The van der Waals surface area contributed by atoms with Gasteiger partial charge in [-0.15, -0.1) is 5.10 Å². The van der Waals surface area contributed by atoms with Gasteiger partial charge < -0.3 is 4.74 Å². The molecule has 7 heteroatoms. The molecule has 0 amide bonds. The van der Waals surface area contributed by atoms with Crippen molar-refractivity contribution in [2.45, 2.75) is 6.61 Å². The number of nitrogens with zero attached hydrogens (tertiary/aromatic N) is 4. The van der Waals surface area contributed by atoms with E-state index in [1.807, 2.05) is 24.3 Å². The van der Waals surface area contributed by atoms with Crippen LogP contribution in [0.5, 0.6) is 5.75 Å². The molecule has 23 heavy (non-hydrogen) atoms. The lowest BCUT2D eigenvalue weighted by molar-refractivity contribution is -0.0494. The van der Waals surface area contributed by atoms with Crippen LogP contribution >= 0.6 is 0 Å². The molecule has 0 aliphatic heterocycles. The lowest BCUT2D eigenvalue weighted by Crippen LogP contribution is -2.03. The van der Waals surface area contributed by atoms with Gasteiger partial charge in [0, 0.05) is 5.39 Å². The molecule has 2 aromatic carbocycles. The zero-order valence-corrected chi connectivity index (χ0v) is 11.7. The summed E-state index contributed by atoms with van der Waals surface area (Å²) in [5.74, 6) is 0.343. The number of aromatic nitrogens is 4. The molecule has 2 heterocycles. The average Bonchev–Trinajstić information content (AvgIpc) is 2.99. The number of para-hydroxylation sites is 2. The van der Waals surface area contributed by atoms with Gasteiger partial charge >= 0.3 is 6.61 Å². The second-order valence-electron chi connectivity index (χ2n) is 4.84. The molecule has 4 rings (SSSR count). The summed E-state index contributed by atoms with van der Waals surface area (Å²) in [5.41, 5.74) is 1.80. The largest absolute Gasteiger partial charge is 0.434 e. The Balaban J connectivity index is 1.92. The molecule has 0 atom stereocenters. The highest BCUT2D eigenvalue weighted by Gasteiger charge is 2.15. The topological polar surface area (TPSA) is 52.3 Å². The van der Waals surface area contributed by atoms with Gasteiger partial charge in [0.1, 0.15) is 12.1 Å². The normalized spacial score (nSPS) is 11.4. The quantitative estimate of drug-likeness (QED) is 0.580. The van der Waals surface area contributed by atoms with Gasteiger partial charge in [-0.1, -0.05) is 24.3 Å². The molecule has 0 saturated heterocycles. The zero-order chi connectivity index (χ0) is 15.8. The maximum Gasteiger partial charge on any atom is 0.387 e. The van der Waals surface area contributed by atoms with Crippen LogP contribution < -0.4 is 4.74 Å². The summed E-state index contributed by atoms with van der Waals surface area (Å²) in [6.45, 7) is -2.91. The monoisotopic (exact) mass is 312 g/mol. The van der Waals surface area contributed by atoms with Crippen LogP contribution in [0.1, 0.15) is 0 Å². The van der Waals surface area contributed by atoms with Gasteiger partial charge in [-0.2, -0.15) is 8.78 Å². The molecule has 2 aromatic heterocycles. The molecule has 0 aliphatic rings. The fourth-order valence-corrected chi connectivity index (χ4v) is 2.44. The fourth-order valence-electron chi connectivity index (χ4n) is 2.44. The third-order valence-corrected chi connectivity index (χ3v) is 3.43. The van der Waals surface area contributed by atoms with Crippen LogP contribution in [0.2, 0.25) is 0 Å². The van der Waals surface area contributed by atoms with E-state index in [2.05, 4.69) is 19.8 Å².